The van der Waals surface area contributed by atoms with E-state index in [1.807, 2.05) is 30.3 Å². The third-order valence-electron chi connectivity index (χ3n) is 3.03. The summed E-state index contributed by atoms with van der Waals surface area (Å²) < 4.78 is 10.9. The molecule has 0 saturated carbocycles. The second kappa shape index (κ2) is 7.26. The standard InChI is InChI=1S/C16H15NO6/c1-2-22-15-9-13(17(20)21)12(16(18)19)8-14(15)23-10-11-6-4-3-5-7-11/h3-9H,2,10H2,1H3,(H,18,19). The van der Waals surface area contributed by atoms with Crippen molar-refractivity contribution in [2.75, 3.05) is 6.61 Å². The Morgan fingerprint density at radius 1 is 1.17 bits per heavy atom. The van der Waals surface area contributed by atoms with Crippen molar-refractivity contribution < 1.29 is 24.3 Å². The number of nitrogens with zero attached hydrogens (tertiary/aromatic N) is 1. The maximum atomic E-state index is 11.2. The Bertz CT molecular complexity index is 714. The highest BCUT2D eigenvalue weighted by molar-refractivity contribution is 5.93. The summed E-state index contributed by atoms with van der Waals surface area (Å²) in [6, 6.07) is 11.5. The van der Waals surface area contributed by atoms with Crippen LogP contribution in [0.25, 0.3) is 0 Å². The molecule has 0 aliphatic carbocycles. The molecule has 1 N–H and O–H groups in total. The van der Waals surface area contributed by atoms with Crippen LogP contribution in [0.2, 0.25) is 0 Å². The Kier molecular flexibility index (Phi) is 5.14. The van der Waals surface area contributed by atoms with E-state index >= 15 is 0 Å². The average Bonchev–Trinajstić information content (AvgIpc) is 2.54. The molecule has 0 unspecified atom stereocenters. The normalized spacial score (nSPS) is 10.1. The molecule has 0 spiro atoms. The molecule has 0 radical (unpaired) electrons. The molecule has 7 nitrogen and oxygen atoms in total. The maximum Gasteiger partial charge on any atom is 0.342 e. The Labute approximate surface area is 132 Å². The monoisotopic (exact) mass is 317 g/mol. The first kappa shape index (κ1) is 16.3. The number of carbonyl (C=O) groups is 1. The van der Waals surface area contributed by atoms with Crippen molar-refractivity contribution in [2.24, 2.45) is 0 Å². The van der Waals surface area contributed by atoms with E-state index in [0.29, 0.717) is 0 Å². The topological polar surface area (TPSA) is 98.9 Å². The quantitative estimate of drug-likeness (QED) is 0.621. The fourth-order valence-corrected chi connectivity index (χ4v) is 1.99. The molecule has 0 heterocycles. The molecule has 120 valence electrons. The van der Waals surface area contributed by atoms with Crippen LogP contribution >= 0.6 is 0 Å². The van der Waals surface area contributed by atoms with E-state index in [1.54, 1.807) is 6.92 Å². The third-order valence-corrected chi connectivity index (χ3v) is 3.03. The molecule has 0 fully saturated rings. The largest absolute Gasteiger partial charge is 0.490 e. The van der Waals surface area contributed by atoms with E-state index in [0.717, 1.165) is 17.7 Å². The molecule has 0 aliphatic heterocycles. The number of ether oxygens (including phenoxy) is 2. The van der Waals surface area contributed by atoms with Gasteiger partial charge in [0.15, 0.2) is 11.5 Å². The highest BCUT2D eigenvalue weighted by Crippen LogP contribution is 2.35. The molecule has 0 saturated heterocycles. The summed E-state index contributed by atoms with van der Waals surface area (Å²) in [4.78, 5) is 21.5. The highest BCUT2D eigenvalue weighted by atomic mass is 16.6. The summed E-state index contributed by atoms with van der Waals surface area (Å²) in [7, 11) is 0. The number of nitro groups is 1. The average molecular weight is 317 g/mol. The van der Waals surface area contributed by atoms with Crippen LogP contribution in [0.3, 0.4) is 0 Å². The van der Waals surface area contributed by atoms with Gasteiger partial charge >= 0.3 is 5.97 Å². The molecule has 0 atom stereocenters. The van der Waals surface area contributed by atoms with Gasteiger partial charge in [0, 0.05) is 6.07 Å². The molecule has 0 aliphatic rings. The van der Waals surface area contributed by atoms with Crippen LogP contribution in [0, 0.1) is 10.1 Å². The summed E-state index contributed by atoms with van der Waals surface area (Å²) in [6.45, 7) is 2.18. The zero-order chi connectivity index (χ0) is 16.8. The Balaban J connectivity index is 2.37. The first-order valence-corrected chi connectivity index (χ1v) is 6.88. The Hall–Kier alpha value is -3.09. The van der Waals surface area contributed by atoms with Gasteiger partial charge in [-0.05, 0) is 12.5 Å². The number of benzene rings is 2. The van der Waals surface area contributed by atoms with Gasteiger partial charge < -0.3 is 14.6 Å². The minimum Gasteiger partial charge on any atom is -0.490 e. The van der Waals surface area contributed by atoms with Crippen molar-refractivity contribution in [3.8, 4) is 11.5 Å². The number of hydrogen-bond acceptors (Lipinski definition) is 5. The molecule has 2 aromatic rings. The van der Waals surface area contributed by atoms with Crippen LogP contribution in [0.5, 0.6) is 11.5 Å². The van der Waals surface area contributed by atoms with Crippen LogP contribution in [0.15, 0.2) is 42.5 Å². The molecule has 2 aromatic carbocycles. The number of aromatic carboxylic acids is 1. The van der Waals surface area contributed by atoms with E-state index in [2.05, 4.69) is 0 Å². The molecular weight excluding hydrogens is 302 g/mol. The van der Waals surface area contributed by atoms with Crippen molar-refractivity contribution in [2.45, 2.75) is 13.5 Å². The lowest BCUT2D eigenvalue weighted by molar-refractivity contribution is -0.385. The van der Waals surface area contributed by atoms with Gasteiger partial charge in [-0.1, -0.05) is 30.3 Å². The Morgan fingerprint density at radius 3 is 2.39 bits per heavy atom. The zero-order valence-corrected chi connectivity index (χ0v) is 12.4. The fraction of sp³-hybridized carbons (Fsp3) is 0.188. The smallest absolute Gasteiger partial charge is 0.342 e. The SMILES string of the molecule is CCOc1cc([N+](=O)[O-])c(C(=O)O)cc1OCc1ccccc1. The number of rotatable bonds is 7. The van der Waals surface area contributed by atoms with E-state index < -0.39 is 22.1 Å². The molecule has 2 rings (SSSR count). The fourth-order valence-electron chi connectivity index (χ4n) is 1.99. The molecule has 23 heavy (non-hydrogen) atoms. The Morgan fingerprint density at radius 2 is 1.83 bits per heavy atom. The predicted molar refractivity (Wildman–Crippen MR) is 82.0 cm³/mol. The van der Waals surface area contributed by atoms with Crippen LogP contribution in [0.1, 0.15) is 22.8 Å². The number of hydrogen-bond donors (Lipinski definition) is 1. The van der Waals surface area contributed by atoms with Gasteiger partial charge in [0.1, 0.15) is 12.2 Å². The van der Waals surface area contributed by atoms with Crippen molar-refractivity contribution in [3.63, 3.8) is 0 Å². The van der Waals surface area contributed by atoms with Crippen molar-refractivity contribution in [1.29, 1.82) is 0 Å². The first-order valence-electron chi connectivity index (χ1n) is 6.88. The van der Waals surface area contributed by atoms with Gasteiger partial charge in [0.2, 0.25) is 0 Å². The van der Waals surface area contributed by atoms with Gasteiger partial charge in [-0.25, -0.2) is 4.79 Å². The molecular formula is C16H15NO6. The predicted octanol–water partition coefficient (Wildman–Crippen LogP) is 3.27. The molecule has 0 bridgehead atoms. The lowest BCUT2D eigenvalue weighted by Gasteiger charge is -2.13. The van der Waals surface area contributed by atoms with Gasteiger partial charge in [-0.3, -0.25) is 10.1 Å². The minimum atomic E-state index is -1.40. The number of carboxylic acid groups (broad SMARTS) is 1. The van der Waals surface area contributed by atoms with E-state index in [9.17, 15) is 14.9 Å². The first-order chi connectivity index (χ1) is 11.0. The lowest BCUT2D eigenvalue weighted by atomic mass is 10.1. The van der Waals surface area contributed by atoms with Crippen LogP contribution < -0.4 is 9.47 Å². The summed E-state index contributed by atoms with van der Waals surface area (Å²) in [5.41, 5.74) is -0.0975. The molecule has 0 amide bonds. The second-order valence-corrected chi connectivity index (χ2v) is 4.59. The van der Waals surface area contributed by atoms with Crippen molar-refractivity contribution in [3.05, 3.63) is 63.7 Å². The van der Waals surface area contributed by atoms with Crippen LogP contribution in [-0.4, -0.2) is 22.6 Å². The van der Waals surface area contributed by atoms with Gasteiger partial charge in [0.25, 0.3) is 5.69 Å². The summed E-state index contributed by atoms with van der Waals surface area (Å²) >= 11 is 0. The third kappa shape index (κ3) is 3.97. The highest BCUT2D eigenvalue weighted by Gasteiger charge is 2.24. The van der Waals surface area contributed by atoms with Crippen molar-refractivity contribution >= 4 is 11.7 Å². The van der Waals surface area contributed by atoms with E-state index in [1.165, 1.54) is 0 Å². The second-order valence-electron chi connectivity index (χ2n) is 4.59. The van der Waals surface area contributed by atoms with Crippen LogP contribution in [0.4, 0.5) is 5.69 Å². The number of nitro benzene ring substituents is 1. The minimum absolute atomic E-state index is 0.139. The maximum absolute atomic E-state index is 11.2. The van der Waals surface area contributed by atoms with Gasteiger partial charge in [-0.2, -0.15) is 0 Å². The number of carboxylic acids is 1. The molecule has 0 aromatic heterocycles. The van der Waals surface area contributed by atoms with E-state index in [4.69, 9.17) is 14.6 Å². The zero-order valence-electron chi connectivity index (χ0n) is 12.4. The van der Waals surface area contributed by atoms with Crippen LogP contribution in [-0.2, 0) is 6.61 Å². The van der Waals surface area contributed by atoms with Gasteiger partial charge in [0.05, 0.1) is 17.6 Å². The van der Waals surface area contributed by atoms with E-state index in [-0.39, 0.29) is 24.7 Å². The summed E-state index contributed by atoms with van der Waals surface area (Å²) in [5.74, 6) is -1.11. The lowest BCUT2D eigenvalue weighted by Crippen LogP contribution is -2.06. The van der Waals surface area contributed by atoms with Crippen molar-refractivity contribution in [1.82, 2.24) is 0 Å². The summed E-state index contributed by atoms with van der Waals surface area (Å²) in [5, 5.41) is 20.2. The van der Waals surface area contributed by atoms with Gasteiger partial charge in [-0.15, -0.1) is 0 Å². The molecule has 7 heteroatoms. The summed E-state index contributed by atoms with van der Waals surface area (Å²) in [6.07, 6.45) is 0.